The summed E-state index contributed by atoms with van der Waals surface area (Å²) in [4.78, 5) is 13.8. The first-order valence-corrected chi connectivity index (χ1v) is 15.2. The lowest BCUT2D eigenvalue weighted by Gasteiger charge is -2.21. The monoisotopic (exact) mass is 612 g/mol. The van der Waals surface area contributed by atoms with Gasteiger partial charge >= 0.3 is 0 Å². The zero-order valence-electron chi connectivity index (χ0n) is 24.5. The van der Waals surface area contributed by atoms with Gasteiger partial charge in [-0.25, -0.2) is 0 Å². The number of rotatable bonds is 11. The molecule has 5 rings (SSSR count). The van der Waals surface area contributed by atoms with Crippen LogP contribution in [-0.4, -0.2) is 34.9 Å². The zero-order valence-corrected chi connectivity index (χ0v) is 26.1. The molecule has 0 spiro atoms. The Morgan fingerprint density at radius 1 is 0.884 bits per heavy atom. The molecule has 0 radical (unpaired) electrons. The minimum Gasteiger partial charge on any atom is -0.497 e. The van der Waals surface area contributed by atoms with Crippen molar-refractivity contribution in [3.8, 4) is 17.2 Å². The fourth-order valence-electron chi connectivity index (χ4n) is 4.84. The van der Waals surface area contributed by atoms with Gasteiger partial charge in [-0.05, 0) is 61.2 Å². The van der Waals surface area contributed by atoms with Gasteiger partial charge in [-0.15, -0.1) is 10.2 Å². The van der Waals surface area contributed by atoms with Crippen molar-refractivity contribution in [3.05, 3.63) is 130 Å². The molecule has 0 bridgehead atoms. The van der Waals surface area contributed by atoms with Gasteiger partial charge in [0, 0.05) is 22.4 Å². The number of carbonyl (C=O) groups excluding carboxylic acids is 1. The molecular formula is C34H33ClN4O3S. The van der Waals surface area contributed by atoms with E-state index in [2.05, 4.69) is 46.7 Å². The number of nitrogens with one attached hydrogen (secondary N) is 1. The normalized spacial score (nSPS) is 11.7. The molecule has 5 aromatic rings. The fraction of sp³-hybridized carbons (Fsp3) is 0.206. The van der Waals surface area contributed by atoms with Crippen molar-refractivity contribution < 1.29 is 14.3 Å². The molecule has 43 heavy (non-hydrogen) atoms. The van der Waals surface area contributed by atoms with Crippen LogP contribution in [0.4, 0.5) is 0 Å². The molecule has 4 aromatic carbocycles. The molecule has 220 valence electrons. The molecule has 7 nitrogen and oxygen atoms in total. The zero-order chi connectivity index (χ0) is 30.3. The molecule has 1 aromatic heterocycles. The maximum Gasteiger partial charge on any atom is 0.252 e. The highest BCUT2D eigenvalue weighted by molar-refractivity contribution is 7.98. The number of benzene rings is 4. The number of amides is 1. The van der Waals surface area contributed by atoms with E-state index in [0.29, 0.717) is 45.2 Å². The molecule has 1 unspecified atom stereocenters. The summed E-state index contributed by atoms with van der Waals surface area (Å²) in [6.07, 6.45) is 0.494. The molecule has 1 heterocycles. The van der Waals surface area contributed by atoms with Crippen molar-refractivity contribution in [2.75, 3.05) is 14.2 Å². The van der Waals surface area contributed by atoms with E-state index in [9.17, 15) is 4.79 Å². The highest BCUT2D eigenvalue weighted by Crippen LogP contribution is 2.32. The third-order valence-electron chi connectivity index (χ3n) is 7.03. The van der Waals surface area contributed by atoms with Crippen molar-refractivity contribution in [2.24, 2.45) is 0 Å². The number of halogens is 1. The van der Waals surface area contributed by atoms with Gasteiger partial charge in [-0.3, -0.25) is 9.36 Å². The molecule has 0 saturated heterocycles. The highest BCUT2D eigenvalue weighted by atomic mass is 35.5. The standard InChI is InChI=1S/C34H33ClN4O3S/c1-22-9-8-12-25(15-22)21-43-34-38-37-32(39(34)31-19-27(35)14-13-23(31)2)30(16-24-10-6-5-7-11-24)36-33(40)26-17-28(41-3)20-29(18-26)42-4/h5-15,17-20,30H,16,21H2,1-4H3,(H,36,40). The SMILES string of the molecule is COc1cc(OC)cc(C(=O)NC(Cc2ccccc2)c2nnc(SCc3cccc(C)c3)n2-c2cc(Cl)ccc2C)c1. The molecule has 0 aliphatic rings. The summed E-state index contributed by atoms with van der Waals surface area (Å²) >= 11 is 8.09. The maximum absolute atomic E-state index is 13.8. The molecule has 0 aliphatic carbocycles. The predicted octanol–water partition coefficient (Wildman–Crippen LogP) is 7.56. The first-order valence-electron chi connectivity index (χ1n) is 13.8. The smallest absolute Gasteiger partial charge is 0.252 e. The second-order valence-electron chi connectivity index (χ2n) is 10.2. The van der Waals surface area contributed by atoms with Crippen LogP contribution in [0.15, 0.2) is 96.2 Å². The largest absolute Gasteiger partial charge is 0.497 e. The van der Waals surface area contributed by atoms with E-state index in [-0.39, 0.29) is 5.91 Å². The van der Waals surface area contributed by atoms with Crippen molar-refractivity contribution in [1.29, 1.82) is 0 Å². The second kappa shape index (κ2) is 13.8. The Morgan fingerprint density at radius 2 is 1.60 bits per heavy atom. The number of carbonyl (C=O) groups is 1. The minimum atomic E-state index is -0.522. The summed E-state index contributed by atoms with van der Waals surface area (Å²) in [5.74, 6) is 2.07. The Morgan fingerprint density at radius 3 is 2.30 bits per heavy atom. The molecular weight excluding hydrogens is 580 g/mol. The quantitative estimate of drug-likeness (QED) is 0.155. The summed E-state index contributed by atoms with van der Waals surface area (Å²) < 4.78 is 12.8. The third-order valence-corrected chi connectivity index (χ3v) is 8.27. The van der Waals surface area contributed by atoms with E-state index in [0.717, 1.165) is 16.8 Å². The summed E-state index contributed by atoms with van der Waals surface area (Å²) in [7, 11) is 3.11. The van der Waals surface area contributed by atoms with Crippen LogP contribution in [0.3, 0.4) is 0 Å². The van der Waals surface area contributed by atoms with Crippen LogP contribution in [0, 0.1) is 13.8 Å². The highest BCUT2D eigenvalue weighted by Gasteiger charge is 2.26. The lowest BCUT2D eigenvalue weighted by molar-refractivity contribution is 0.0933. The van der Waals surface area contributed by atoms with Crippen LogP contribution >= 0.6 is 23.4 Å². The van der Waals surface area contributed by atoms with E-state index < -0.39 is 6.04 Å². The number of hydrogen-bond acceptors (Lipinski definition) is 6. The number of nitrogens with zero attached hydrogens (tertiary/aromatic N) is 3. The summed E-state index contributed by atoms with van der Waals surface area (Å²) in [5.41, 5.74) is 5.70. The van der Waals surface area contributed by atoms with Crippen LogP contribution in [0.2, 0.25) is 5.02 Å². The maximum atomic E-state index is 13.8. The van der Waals surface area contributed by atoms with Gasteiger partial charge in [-0.2, -0.15) is 0 Å². The summed E-state index contributed by atoms with van der Waals surface area (Å²) in [6.45, 7) is 4.11. The lowest BCUT2D eigenvalue weighted by Crippen LogP contribution is -2.32. The first-order chi connectivity index (χ1) is 20.8. The molecule has 1 amide bonds. The lowest BCUT2D eigenvalue weighted by atomic mass is 10.0. The Labute approximate surface area is 261 Å². The molecule has 1 N–H and O–H groups in total. The molecule has 9 heteroatoms. The summed E-state index contributed by atoms with van der Waals surface area (Å²) in [5, 5.41) is 13.9. The van der Waals surface area contributed by atoms with Crippen LogP contribution in [0.5, 0.6) is 11.5 Å². The van der Waals surface area contributed by atoms with E-state index in [4.69, 9.17) is 21.1 Å². The van der Waals surface area contributed by atoms with Gasteiger partial charge in [0.1, 0.15) is 11.5 Å². The van der Waals surface area contributed by atoms with E-state index in [1.54, 1.807) is 44.2 Å². The Hall–Kier alpha value is -4.27. The Balaban J connectivity index is 1.58. The fourth-order valence-corrected chi connectivity index (χ4v) is 5.90. The van der Waals surface area contributed by atoms with E-state index >= 15 is 0 Å². The Kier molecular flexibility index (Phi) is 9.69. The van der Waals surface area contributed by atoms with Gasteiger partial charge < -0.3 is 14.8 Å². The second-order valence-corrected chi connectivity index (χ2v) is 11.6. The molecule has 1 atom stereocenters. The van der Waals surface area contributed by atoms with Crippen molar-refractivity contribution >= 4 is 29.3 Å². The molecule has 0 aliphatic heterocycles. The van der Waals surface area contributed by atoms with Gasteiger partial charge in [0.05, 0.1) is 25.9 Å². The average molecular weight is 613 g/mol. The molecule has 0 saturated carbocycles. The third kappa shape index (κ3) is 7.39. The minimum absolute atomic E-state index is 0.288. The van der Waals surface area contributed by atoms with Gasteiger partial charge in [0.15, 0.2) is 11.0 Å². The number of aromatic nitrogens is 3. The van der Waals surface area contributed by atoms with Crippen molar-refractivity contribution in [2.45, 2.75) is 37.2 Å². The number of methoxy groups -OCH3 is 2. The number of aryl methyl sites for hydroxylation is 2. The number of thioether (sulfide) groups is 1. The van der Waals surface area contributed by atoms with E-state index in [1.165, 1.54) is 11.1 Å². The topological polar surface area (TPSA) is 78.3 Å². The average Bonchev–Trinajstić information content (AvgIpc) is 3.44. The van der Waals surface area contributed by atoms with Crippen molar-refractivity contribution in [3.63, 3.8) is 0 Å². The summed E-state index contributed by atoms with van der Waals surface area (Å²) in [6, 6.07) is 28.7. The van der Waals surface area contributed by atoms with Gasteiger partial charge in [-0.1, -0.05) is 89.6 Å². The number of hydrogen-bond donors (Lipinski definition) is 1. The predicted molar refractivity (Wildman–Crippen MR) is 172 cm³/mol. The van der Waals surface area contributed by atoms with Gasteiger partial charge in [0.2, 0.25) is 0 Å². The van der Waals surface area contributed by atoms with E-state index in [1.807, 2.05) is 60.0 Å². The van der Waals surface area contributed by atoms with Crippen LogP contribution in [0.1, 0.15) is 44.5 Å². The van der Waals surface area contributed by atoms with Gasteiger partial charge in [0.25, 0.3) is 5.91 Å². The van der Waals surface area contributed by atoms with Crippen LogP contribution in [0.25, 0.3) is 5.69 Å². The van der Waals surface area contributed by atoms with Crippen LogP contribution < -0.4 is 14.8 Å². The molecule has 0 fully saturated rings. The van der Waals surface area contributed by atoms with Crippen molar-refractivity contribution in [1.82, 2.24) is 20.1 Å². The van der Waals surface area contributed by atoms with Crippen LogP contribution in [-0.2, 0) is 12.2 Å². The Bertz CT molecular complexity index is 1700. The number of ether oxygens (including phenoxy) is 2. The first kappa shape index (κ1) is 30.2.